The summed E-state index contributed by atoms with van der Waals surface area (Å²) < 4.78 is 27.0. The zero-order valence-electron chi connectivity index (χ0n) is 13.2. The third-order valence-electron chi connectivity index (χ3n) is 4.15. The molecule has 0 heterocycles. The van der Waals surface area contributed by atoms with Crippen LogP contribution in [0.15, 0.2) is 0 Å². The number of unbranched alkanes of at least 4 members (excludes halogenated alkanes) is 1. The smallest absolute Gasteiger partial charge is 0.211 e. The van der Waals surface area contributed by atoms with E-state index in [-0.39, 0.29) is 11.8 Å². The van der Waals surface area contributed by atoms with Gasteiger partial charge in [-0.25, -0.2) is 13.1 Å². The van der Waals surface area contributed by atoms with Gasteiger partial charge in [-0.1, -0.05) is 33.1 Å². The van der Waals surface area contributed by atoms with Gasteiger partial charge in [0.2, 0.25) is 10.0 Å². The van der Waals surface area contributed by atoms with E-state index in [1.807, 2.05) is 0 Å². The number of rotatable bonds is 10. The Bertz CT molecular complexity index is 344. The molecule has 0 radical (unpaired) electrons. The van der Waals surface area contributed by atoms with E-state index in [4.69, 9.17) is 0 Å². The summed E-state index contributed by atoms with van der Waals surface area (Å²) in [6, 6.07) is 0.178. The molecule has 5 heteroatoms. The topological polar surface area (TPSA) is 58.2 Å². The first-order chi connectivity index (χ1) is 9.57. The fraction of sp³-hybridized carbons (Fsp3) is 1.00. The van der Waals surface area contributed by atoms with E-state index in [2.05, 4.69) is 23.9 Å². The third-order valence-corrected chi connectivity index (χ3v) is 5.67. The van der Waals surface area contributed by atoms with Gasteiger partial charge in [-0.3, -0.25) is 0 Å². The normalized spacial score (nSPS) is 23.9. The first-order valence-corrected chi connectivity index (χ1v) is 9.93. The van der Waals surface area contributed by atoms with Crippen molar-refractivity contribution in [3.63, 3.8) is 0 Å². The average molecular weight is 305 g/mol. The Kier molecular flexibility index (Phi) is 8.73. The van der Waals surface area contributed by atoms with Crippen molar-refractivity contribution in [1.29, 1.82) is 0 Å². The second-order valence-corrected chi connectivity index (χ2v) is 7.91. The van der Waals surface area contributed by atoms with Crippen molar-refractivity contribution in [3.8, 4) is 0 Å². The first kappa shape index (κ1) is 17.9. The Labute approximate surface area is 125 Å². The van der Waals surface area contributed by atoms with Crippen LogP contribution in [0.2, 0.25) is 0 Å². The molecule has 2 unspecified atom stereocenters. The van der Waals surface area contributed by atoms with Crippen molar-refractivity contribution >= 4 is 10.0 Å². The second kappa shape index (κ2) is 9.74. The molecular formula is C15H32N2O2S. The first-order valence-electron chi connectivity index (χ1n) is 8.28. The summed E-state index contributed by atoms with van der Waals surface area (Å²) in [4.78, 5) is 0. The van der Waals surface area contributed by atoms with Crippen molar-refractivity contribution < 1.29 is 8.42 Å². The van der Waals surface area contributed by atoms with E-state index in [1.165, 1.54) is 12.8 Å². The van der Waals surface area contributed by atoms with Crippen LogP contribution in [-0.4, -0.2) is 33.3 Å². The molecule has 0 aromatic carbocycles. The van der Waals surface area contributed by atoms with Gasteiger partial charge >= 0.3 is 0 Å². The Balaban J connectivity index is 2.20. The van der Waals surface area contributed by atoms with Crippen LogP contribution in [0, 0.1) is 5.92 Å². The SMILES string of the molecule is CCCNCCCCS(=O)(=O)NC1CCCC(CC)C1. The fourth-order valence-corrected chi connectivity index (χ4v) is 4.35. The van der Waals surface area contributed by atoms with Crippen molar-refractivity contribution in [1.82, 2.24) is 10.0 Å². The summed E-state index contributed by atoms with van der Waals surface area (Å²) in [6.45, 7) is 6.27. The summed E-state index contributed by atoms with van der Waals surface area (Å²) in [5.74, 6) is 0.975. The van der Waals surface area contributed by atoms with Crippen molar-refractivity contribution in [2.75, 3.05) is 18.8 Å². The van der Waals surface area contributed by atoms with Gasteiger partial charge in [0, 0.05) is 6.04 Å². The molecule has 1 rings (SSSR count). The van der Waals surface area contributed by atoms with Gasteiger partial charge < -0.3 is 5.32 Å². The molecule has 120 valence electrons. The quantitative estimate of drug-likeness (QED) is 0.610. The maximum absolute atomic E-state index is 12.1. The number of sulfonamides is 1. The van der Waals surface area contributed by atoms with Crippen LogP contribution in [0.4, 0.5) is 0 Å². The summed E-state index contributed by atoms with van der Waals surface area (Å²) in [7, 11) is -3.08. The van der Waals surface area contributed by atoms with Gasteiger partial charge in [0.15, 0.2) is 0 Å². The molecule has 0 aromatic heterocycles. The summed E-state index contributed by atoms with van der Waals surface area (Å²) >= 11 is 0. The molecule has 0 spiro atoms. The highest BCUT2D eigenvalue weighted by Gasteiger charge is 2.24. The largest absolute Gasteiger partial charge is 0.317 e. The fourth-order valence-electron chi connectivity index (χ4n) is 2.93. The maximum atomic E-state index is 12.1. The minimum atomic E-state index is -3.08. The molecule has 1 aliphatic carbocycles. The standard InChI is InChI=1S/C15H32N2O2S/c1-3-10-16-11-5-6-12-20(18,19)17-15-9-7-8-14(4-2)13-15/h14-17H,3-13H2,1-2H3. The monoisotopic (exact) mass is 304 g/mol. The lowest BCUT2D eigenvalue weighted by atomic mass is 9.85. The van der Waals surface area contributed by atoms with Gasteiger partial charge in [0.05, 0.1) is 5.75 Å². The molecule has 0 amide bonds. The molecule has 4 nitrogen and oxygen atoms in total. The summed E-state index contributed by atoms with van der Waals surface area (Å²) in [5, 5.41) is 3.30. The molecule has 1 fully saturated rings. The van der Waals surface area contributed by atoms with Gasteiger partial charge in [-0.2, -0.15) is 0 Å². The number of nitrogens with one attached hydrogen (secondary N) is 2. The minimum absolute atomic E-state index is 0.178. The molecular weight excluding hydrogens is 272 g/mol. The minimum Gasteiger partial charge on any atom is -0.317 e. The predicted molar refractivity (Wildman–Crippen MR) is 85.4 cm³/mol. The van der Waals surface area contributed by atoms with Crippen LogP contribution >= 0.6 is 0 Å². The molecule has 1 saturated carbocycles. The van der Waals surface area contributed by atoms with Crippen LogP contribution in [-0.2, 0) is 10.0 Å². The van der Waals surface area contributed by atoms with Gasteiger partial charge in [-0.05, 0) is 51.1 Å². The lowest BCUT2D eigenvalue weighted by molar-refractivity contribution is 0.301. The Morgan fingerprint density at radius 3 is 2.60 bits per heavy atom. The van der Waals surface area contributed by atoms with Crippen LogP contribution in [0.5, 0.6) is 0 Å². The highest BCUT2D eigenvalue weighted by Crippen LogP contribution is 2.26. The molecule has 0 saturated heterocycles. The van der Waals surface area contributed by atoms with E-state index < -0.39 is 10.0 Å². The molecule has 20 heavy (non-hydrogen) atoms. The Hall–Kier alpha value is -0.130. The second-order valence-electron chi connectivity index (χ2n) is 6.03. The van der Waals surface area contributed by atoms with Crippen LogP contribution in [0.1, 0.15) is 65.2 Å². The summed E-state index contributed by atoms with van der Waals surface area (Å²) in [5.41, 5.74) is 0. The average Bonchev–Trinajstić information content (AvgIpc) is 2.42. The zero-order chi connectivity index (χ0) is 14.8. The predicted octanol–water partition coefficient (Wildman–Crippen LogP) is 2.65. The Morgan fingerprint density at radius 1 is 1.10 bits per heavy atom. The van der Waals surface area contributed by atoms with Gasteiger partial charge in [0.25, 0.3) is 0 Å². The van der Waals surface area contributed by atoms with Crippen molar-refractivity contribution in [2.45, 2.75) is 71.3 Å². The van der Waals surface area contributed by atoms with E-state index in [1.54, 1.807) is 0 Å². The van der Waals surface area contributed by atoms with Crippen molar-refractivity contribution in [2.24, 2.45) is 5.92 Å². The van der Waals surface area contributed by atoms with Crippen molar-refractivity contribution in [3.05, 3.63) is 0 Å². The number of hydrogen-bond donors (Lipinski definition) is 2. The number of hydrogen-bond acceptors (Lipinski definition) is 3. The van der Waals surface area contributed by atoms with Crippen LogP contribution in [0.25, 0.3) is 0 Å². The summed E-state index contributed by atoms with van der Waals surface area (Å²) in [6.07, 6.45) is 8.42. The molecule has 0 bridgehead atoms. The molecule has 2 atom stereocenters. The van der Waals surface area contributed by atoms with E-state index in [0.29, 0.717) is 5.92 Å². The molecule has 2 N–H and O–H groups in total. The lowest BCUT2D eigenvalue weighted by Crippen LogP contribution is -2.39. The third kappa shape index (κ3) is 7.60. The van der Waals surface area contributed by atoms with Gasteiger partial charge in [0.1, 0.15) is 0 Å². The van der Waals surface area contributed by atoms with Crippen LogP contribution < -0.4 is 10.0 Å². The maximum Gasteiger partial charge on any atom is 0.211 e. The van der Waals surface area contributed by atoms with E-state index in [0.717, 1.165) is 51.6 Å². The zero-order valence-corrected chi connectivity index (χ0v) is 14.0. The highest BCUT2D eigenvalue weighted by atomic mass is 32.2. The molecule has 0 aliphatic heterocycles. The van der Waals surface area contributed by atoms with E-state index in [9.17, 15) is 8.42 Å². The van der Waals surface area contributed by atoms with E-state index >= 15 is 0 Å². The van der Waals surface area contributed by atoms with Crippen LogP contribution in [0.3, 0.4) is 0 Å². The highest BCUT2D eigenvalue weighted by molar-refractivity contribution is 7.89. The Morgan fingerprint density at radius 2 is 1.90 bits per heavy atom. The molecule has 0 aromatic rings. The van der Waals surface area contributed by atoms with Gasteiger partial charge in [-0.15, -0.1) is 0 Å². The lowest BCUT2D eigenvalue weighted by Gasteiger charge is -2.28. The molecule has 1 aliphatic rings.